The van der Waals surface area contributed by atoms with Gasteiger partial charge in [0, 0.05) is 17.8 Å². The van der Waals surface area contributed by atoms with Crippen LogP contribution in [-0.2, 0) is 0 Å². The van der Waals surface area contributed by atoms with Crippen LogP contribution in [0.1, 0.15) is 19.4 Å². The minimum atomic E-state index is 0.285. The summed E-state index contributed by atoms with van der Waals surface area (Å²) in [5.74, 6) is 0.769. The molecule has 116 valence electrons. The molecule has 2 aromatic carbocycles. The smallest absolute Gasteiger partial charge is 0.174 e. The largest absolute Gasteiger partial charge is 0.365 e. The third-order valence-corrected chi connectivity index (χ3v) is 3.37. The molecule has 0 amide bonds. The Balaban J connectivity index is 2.01. The second-order valence-electron chi connectivity index (χ2n) is 5.63. The maximum Gasteiger partial charge on any atom is 0.174 e. The van der Waals surface area contributed by atoms with Crippen LogP contribution in [0.2, 0.25) is 0 Å². The highest BCUT2D eigenvalue weighted by molar-refractivity contribution is 5.88. The Morgan fingerprint density at radius 3 is 2.30 bits per heavy atom. The molecule has 3 rings (SSSR count). The number of anilines is 1. The number of nitrogens with zero attached hydrogens (tertiary/aromatic N) is 2. The van der Waals surface area contributed by atoms with E-state index in [2.05, 4.69) is 34.4 Å². The van der Waals surface area contributed by atoms with Crippen molar-refractivity contribution in [2.75, 3.05) is 5.32 Å². The van der Waals surface area contributed by atoms with Crippen molar-refractivity contribution in [3.63, 3.8) is 0 Å². The summed E-state index contributed by atoms with van der Waals surface area (Å²) >= 11 is 0. The number of nitrogens with one attached hydrogen (secondary N) is 2. The molecule has 0 atom stereocenters. The van der Waals surface area contributed by atoms with E-state index in [0.717, 1.165) is 28.3 Å². The lowest BCUT2D eigenvalue weighted by molar-refractivity contribution is 0.884. The summed E-state index contributed by atoms with van der Waals surface area (Å²) in [4.78, 5) is 4.68. The fourth-order valence-corrected chi connectivity index (χ4v) is 2.32. The molecular formula is C19H20N4. The quantitative estimate of drug-likeness (QED) is 0.674. The molecule has 0 unspecified atom stereocenters. The summed E-state index contributed by atoms with van der Waals surface area (Å²) in [5, 5.41) is 10.8. The Hall–Kier alpha value is -2.88. The fraction of sp³-hybridized carbons (Fsp3) is 0.158. The van der Waals surface area contributed by atoms with Crippen LogP contribution in [0.4, 0.5) is 11.5 Å². The SMILES string of the molecule is CC(C)Nc1n[nH]c(-c2ccccc2)c1N=Cc1ccccc1. The molecule has 0 spiro atoms. The first-order chi connectivity index (χ1) is 11.2. The Morgan fingerprint density at radius 2 is 1.65 bits per heavy atom. The second kappa shape index (κ2) is 6.92. The summed E-state index contributed by atoms with van der Waals surface area (Å²) in [6.45, 7) is 4.17. The van der Waals surface area contributed by atoms with E-state index >= 15 is 0 Å². The number of H-pyrrole nitrogens is 1. The number of aliphatic imine (C=N–C) groups is 1. The Kier molecular flexibility index (Phi) is 4.52. The molecule has 0 saturated carbocycles. The molecule has 0 aliphatic rings. The Labute approximate surface area is 136 Å². The first kappa shape index (κ1) is 15.0. The van der Waals surface area contributed by atoms with Gasteiger partial charge in [0.2, 0.25) is 0 Å². The van der Waals surface area contributed by atoms with E-state index in [-0.39, 0.29) is 6.04 Å². The molecule has 0 fully saturated rings. The van der Waals surface area contributed by atoms with E-state index in [1.807, 2.05) is 66.9 Å². The van der Waals surface area contributed by atoms with Crippen LogP contribution in [0.25, 0.3) is 11.3 Å². The van der Waals surface area contributed by atoms with E-state index in [4.69, 9.17) is 0 Å². The van der Waals surface area contributed by atoms with Gasteiger partial charge >= 0.3 is 0 Å². The van der Waals surface area contributed by atoms with Gasteiger partial charge in [-0.2, -0.15) is 5.10 Å². The average Bonchev–Trinajstić information content (AvgIpc) is 2.96. The van der Waals surface area contributed by atoms with Crippen molar-refractivity contribution in [3.05, 3.63) is 66.2 Å². The zero-order valence-electron chi connectivity index (χ0n) is 13.3. The zero-order chi connectivity index (χ0) is 16.1. The maximum absolute atomic E-state index is 4.68. The third kappa shape index (κ3) is 3.66. The molecule has 1 heterocycles. The van der Waals surface area contributed by atoms with Crippen LogP contribution in [-0.4, -0.2) is 22.5 Å². The van der Waals surface area contributed by atoms with Crippen LogP contribution in [0.15, 0.2) is 65.7 Å². The highest BCUT2D eigenvalue weighted by Gasteiger charge is 2.14. The maximum atomic E-state index is 4.68. The van der Waals surface area contributed by atoms with Crippen LogP contribution in [0.3, 0.4) is 0 Å². The molecule has 0 saturated heterocycles. The van der Waals surface area contributed by atoms with Crippen LogP contribution < -0.4 is 5.32 Å². The van der Waals surface area contributed by atoms with E-state index in [1.54, 1.807) is 0 Å². The molecule has 4 nitrogen and oxygen atoms in total. The average molecular weight is 304 g/mol. The molecular weight excluding hydrogens is 284 g/mol. The molecule has 0 bridgehead atoms. The first-order valence-electron chi connectivity index (χ1n) is 7.73. The van der Waals surface area contributed by atoms with Crippen molar-refractivity contribution in [1.29, 1.82) is 0 Å². The van der Waals surface area contributed by atoms with Crippen molar-refractivity contribution < 1.29 is 0 Å². The van der Waals surface area contributed by atoms with Crippen molar-refractivity contribution in [2.24, 2.45) is 4.99 Å². The third-order valence-electron chi connectivity index (χ3n) is 3.37. The van der Waals surface area contributed by atoms with E-state index in [1.165, 1.54) is 0 Å². The van der Waals surface area contributed by atoms with Crippen molar-refractivity contribution in [1.82, 2.24) is 10.2 Å². The minimum absolute atomic E-state index is 0.285. The lowest BCUT2D eigenvalue weighted by atomic mass is 10.1. The molecule has 3 aromatic rings. The van der Waals surface area contributed by atoms with Gasteiger partial charge in [-0.15, -0.1) is 0 Å². The van der Waals surface area contributed by atoms with Gasteiger partial charge in [-0.25, -0.2) is 0 Å². The number of aromatic nitrogens is 2. The van der Waals surface area contributed by atoms with E-state index in [9.17, 15) is 0 Å². The van der Waals surface area contributed by atoms with Gasteiger partial charge in [0.1, 0.15) is 5.69 Å². The van der Waals surface area contributed by atoms with Gasteiger partial charge in [0.05, 0.1) is 5.69 Å². The van der Waals surface area contributed by atoms with Gasteiger partial charge in [-0.1, -0.05) is 60.7 Å². The zero-order valence-corrected chi connectivity index (χ0v) is 13.3. The summed E-state index contributed by atoms with van der Waals surface area (Å²) in [6.07, 6.45) is 1.86. The highest BCUT2D eigenvalue weighted by Crippen LogP contribution is 2.34. The normalized spacial score (nSPS) is 11.3. The van der Waals surface area contributed by atoms with Crippen LogP contribution >= 0.6 is 0 Å². The first-order valence-corrected chi connectivity index (χ1v) is 7.73. The number of rotatable bonds is 5. The summed E-state index contributed by atoms with van der Waals surface area (Å²) in [6, 6.07) is 20.5. The second-order valence-corrected chi connectivity index (χ2v) is 5.63. The Morgan fingerprint density at radius 1 is 1.00 bits per heavy atom. The summed E-state index contributed by atoms with van der Waals surface area (Å²) in [5.41, 5.74) is 3.87. The lowest BCUT2D eigenvalue weighted by Gasteiger charge is -2.07. The molecule has 1 aromatic heterocycles. The minimum Gasteiger partial charge on any atom is -0.365 e. The van der Waals surface area contributed by atoms with Crippen molar-refractivity contribution in [2.45, 2.75) is 19.9 Å². The van der Waals surface area contributed by atoms with Crippen LogP contribution in [0.5, 0.6) is 0 Å². The van der Waals surface area contributed by atoms with E-state index in [0.29, 0.717) is 0 Å². The number of hydrogen-bond acceptors (Lipinski definition) is 3. The Bertz CT molecular complexity index is 774. The monoisotopic (exact) mass is 304 g/mol. The lowest BCUT2D eigenvalue weighted by Crippen LogP contribution is -2.10. The number of aromatic amines is 1. The van der Waals surface area contributed by atoms with Gasteiger partial charge in [0.25, 0.3) is 0 Å². The van der Waals surface area contributed by atoms with Crippen molar-refractivity contribution in [3.8, 4) is 11.3 Å². The molecule has 0 radical (unpaired) electrons. The summed E-state index contributed by atoms with van der Waals surface area (Å²) < 4.78 is 0. The van der Waals surface area contributed by atoms with E-state index < -0.39 is 0 Å². The molecule has 0 aliphatic heterocycles. The predicted octanol–water partition coefficient (Wildman–Crippen LogP) is 4.65. The van der Waals surface area contributed by atoms with Gasteiger partial charge < -0.3 is 5.32 Å². The standard InChI is InChI=1S/C19H20N4/c1-14(2)21-19-18(20-13-15-9-5-3-6-10-15)17(22-23-19)16-11-7-4-8-12-16/h3-14H,1-2H3,(H2,21,22,23). The number of benzene rings is 2. The highest BCUT2D eigenvalue weighted by atomic mass is 15.2. The molecule has 0 aliphatic carbocycles. The molecule has 2 N–H and O–H groups in total. The summed E-state index contributed by atoms with van der Waals surface area (Å²) in [7, 11) is 0. The fourth-order valence-electron chi connectivity index (χ4n) is 2.32. The van der Waals surface area contributed by atoms with Crippen LogP contribution in [0, 0.1) is 0 Å². The molecule has 4 heteroatoms. The molecule has 23 heavy (non-hydrogen) atoms. The predicted molar refractivity (Wildman–Crippen MR) is 96.5 cm³/mol. The van der Waals surface area contributed by atoms with Gasteiger partial charge in [0.15, 0.2) is 5.82 Å². The number of hydrogen-bond donors (Lipinski definition) is 2. The topological polar surface area (TPSA) is 53.1 Å². The van der Waals surface area contributed by atoms with Gasteiger partial charge in [-0.05, 0) is 19.4 Å². The van der Waals surface area contributed by atoms with Gasteiger partial charge in [-0.3, -0.25) is 10.1 Å². The van der Waals surface area contributed by atoms with Crippen molar-refractivity contribution >= 4 is 17.7 Å².